The molecule has 2 aliphatic heterocycles. The number of esters is 1. The average molecular weight is 547 g/mol. The normalized spacial score (nSPS) is 45.6. The van der Waals surface area contributed by atoms with Crippen LogP contribution < -0.4 is 0 Å². The fraction of sp³-hybridized carbons (Fsp3) is 0.926. The van der Waals surface area contributed by atoms with Gasteiger partial charge in [0.25, 0.3) is 0 Å². The molecule has 0 aromatic rings. The van der Waals surface area contributed by atoms with E-state index in [1.165, 1.54) is 13.8 Å². The van der Waals surface area contributed by atoms with Crippen LogP contribution in [0.4, 0.5) is 0 Å². The summed E-state index contributed by atoms with van der Waals surface area (Å²) in [5.74, 6) is -3.06. The second-order valence-corrected chi connectivity index (χ2v) is 11.8. The van der Waals surface area contributed by atoms with Crippen molar-refractivity contribution in [1.29, 1.82) is 0 Å². The monoisotopic (exact) mass is 546 g/mol. The summed E-state index contributed by atoms with van der Waals surface area (Å²) in [6.07, 6.45) is -4.80. The molecule has 2 saturated heterocycles. The van der Waals surface area contributed by atoms with E-state index in [1.807, 2.05) is 21.0 Å². The molecule has 12 atom stereocenters. The van der Waals surface area contributed by atoms with Gasteiger partial charge in [-0.1, -0.05) is 25.9 Å². The predicted molar refractivity (Wildman–Crippen MR) is 141 cm³/mol. The lowest BCUT2D eigenvalue weighted by Gasteiger charge is -2.41. The number of cyclic esters (lactones) is 1. The molecule has 0 spiro atoms. The molecule has 0 radical (unpaired) electrons. The number of oxime groups is 1. The first-order valence-corrected chi connectivity index (χ1v) is 13.8. The van der Waals surface area contributed by atoms with Gasteiger partial charge < -0.3 is 44.7 Å². The third-order valence-corrected chi connectivity index (χ3v) is 8.40. The standard InChI is InChI=1S/C27H50N2O9/c1-9-22-27(6,34)25(32)17(5)24(28-35)14(2)10-20(31)21(13-19(30)16(4)26(33)38-22)37-23-12-18(29(7)8)11-15(3)36-23/h14-23,25,30-32,34-35H,9-13H2,1-8H3/b28-24+/t14-,15-,16-,17+,18+,19+,20-,21-,22-,23+,25-,27-/m1/s1. The molecular weight excluding hydrogens is 496 g/mol. The zero-order valence-corrected chi connectivity index (χ0v) is 24.1. The zero-order chi connectivity index (χ0) is 28.9. The number of ether oxygens (including phenoxy) is 3. The Morgan fingerprint density at radius 3 is 2.21 bits per heavy atom. The molecule has 5 N–H and O–H groups in total. The molecule has 11 nitrogen and oxygen atoms in total. The molecule has 0 amide bonds. The molecule has 2 fully saturated rings. The molecule has 0 aromatic carbocycles. The van der Waals surface area contributed by atoms with E-state index in [1.54, 1.807) is 20.8 Å². The summed E-state index contributed by atoms with van der Waals surface area (Å²) >= 11 is 0. The average Bonchev–Trinajstić information content (AvgIpc) is 2.84. The molecule has 2 rings (SSSR count). The summed E-state index contributed by atoms with van der Waals surface area (Å²) in [7, 11) is 3.97. The first-order chi connectivity index (χ1) is 17.6. The van der Waals surface area contributed by atoms with Gasteiger partial charge in [-0.25, -0.2) is 0 Å². The Labute approximate surface area is 226 Å². The quantitative estimate of drug-likeness (QED) is 0.199. The van der Waals surface area contributed by atoms with Crippen LogP contribution in [0.1, 0.15) is 73.6 Å². The van der Waals surface area contributed by atoms with E-state index >= 15 is 0 Å². The second-order valence-electron chi connectivity index (χ2n) is 11.8. The third kappa shape index (κ3) is 7.87. The summed E-state index contributed by atoms with van der Waals surface area (Å²) in [6.45, 7) is 9.91. The summed E-state index contributed by atoms with van der Waals surface area (Å²) in [6, 6.07) is 0.214. The van der Waals surface area contributed by atoms with E-state index in [0.717, 1.165) is 6.42 Å². The van der Waals surface area contributed by atoms with Crippen LogP contribution in [-0.4, -0.2) is 111 Å². The van der Waals surface area contributed by atoms with E-state index in [0.29, 0.717) is 6.42 Å². The smallest absolute Gasteiger partial charge is 0.311 e. The highest BCUT2D eigenvalue weighted by atomic mass is 16.7. The van der Waals surface area contributed by atoms with Crippen molar-refractivity contribution in [3.63, 3.8) is 0 Å². The van der Waals surface area contributed by atoms with Crippen molar-refractivity contribution in [1.82, 2.24) is 4.90 Å². The van der Waals surface area contributed by atoms with Crippen LogP contribution in [0.2, 0.25) is 0 Å². The Morgan fingerprint density at radius 2 is 1.66 bits per heavy atom. The largest absolute Gasteiger partial charge is 0.459 e. The second kappa shape index (κ2) is 13.8. The molecule has 0 aromatic heterocycles. The van der Waals surface area contributed by atoms with Gasteiger partial charge in [0, 0.05) is 30.7 Å². The lowest BCUT2D eigenvalue weighted by Crippen LogP contribution is -2.56. The number of aliphatic hydroxyl groups is 4. The maximum Gasteiger partial charge on any atom is 0.311 e. The molecule has 0 saturated carbocycles. The van der Waals surface area contributed by atoms with Crippen molar-refractivity contribution in [2.24, 2.45) is 22.9 Å². The number of hydrogen-bond donors (Lipinski definition) is 5. The Kier molecular flexibility index (Phi) is 12.0. The van der Waals surface area contributed by atoms with E-state index < -0.39 is 66.1 Å². The van der Waals surface area contributed by atoms with Gasteiger partial charge in [0.15, 0.2) is 6.29 Å². The van der Waals surface area contributed by atoms with E-state index in [-0.39, 0.29) is 37.1 Å². The van der Waals surface area contributed by atoms with Gasteiger partial charge in [-0.15, -0.1) is 0 Å². The zero-order valence-electron chi connectivity index (χ0n) is 24.1. The number of nitrogens with zero attached hydrogens (tertiary/aromatic N) is 2. The lowest BCUT2D eigenvalue weighted by molar-refractivity contribution is -0.241. The van der Waals surface area contributed by atoms with Gasteiger partial charge in [0.05, 0.1) is 42.1 Å². The number of aliphatic hydroxyl groups excluding tert-OH is 3. The predicted octanol–water partition coefficient (Wildman–Crippen LogP) is 1.51. The van der Waals surface area contributed by atoms with Gasteiger partial charge in [-0.2, -0.15) is 0 Å². The van der Waals surface area contributed by atoms with Gasteiger partial charge in [-0.05, 0) is 54.1 Å². The van der Waals surface area contributed by atoms with Crippen molar-refractivity contribution in [3.05, 3.63) is 0 Å². The van der Waals surface area contributed by atoms with Gasteiger partial charge in [0.2, 0.25) is 0 Å². The molecule has 0 aliphatic carbocycles. The summed E-state index contributed by atoms with van der Waals surface area (Å²) in [5.41, 5.74) is -1.69. The minimum atomic E-state index is -1.86. The molecule has 222 valence electrons. The first kappa shape index (κ1) is 32.9. The summed E-state index contributed by atoms with van der Waals surface area (Å²) in [5, 5.41) is 57.8. The number of carbonyl (C=O) groups is 1. The lowest BCUT2D eigenvalue weighted by atomic mass is 9.77. The molecule has 0 unspecified atom stereocenters. The van der Waals surface area contributed by atoms with Gasteiger partial charge in [-0.3, -0.25) is 4.79 Å². The van der Waals surface area contributed by atoms with E-state index in [4.69, 9.17) is 14.2 Å². The van der Waals surface area contributed by atoms with Crippen LogP contribution in [-0.2, 0) is 19.0 Å². The Bertz CT molecular complexity index is 793. The van der Waals surface area contributed by atoms with Gasteiger partial charge >= 0.3 is 5.97 Å². The Morgan fingerprint density at radius 1 is 1.03 bits per heavy atom. The fourth-order valence-corrected chi connectivity index (χ4v) is 5.67. The third-order valence-electron chi connectivity index (χ3n) is 8.40. The topological polar surface area (TPSA) is 162 Å². The maximum absolute atomic E-state index is 13.0. The fourth-order valence-electron chi connectivity index (χ4n) is 5.67. The highest BCUT2D eigenvalue weighted by molar-refractivity contribution is 5.88. The number of carbonyl (C=O) groups excluding carboxylic acids is 1. The number of rotatable bonds is 4. The minimum absolute atomic E-state index is 0.0659. The summed E-state index contributed by atoms with van der Waals surface area (Å²) < 4.78 is 17.8. The molecule has 2 aliphatic rings. The highest BCUT2D eigenvalue weighted by Gasteiger charge is 2.46. The van der Waals surface area contributed by atoms with Crippen LogP contribution in [0.3, 0.4) is 0 Å². The molecule has 0 bridgehead atoms. The van der Waals surface area contributed by atoms with Crippen LogP contribution in [0.5, 0.6) is 0 Å². The molecular formula is C27H50N2O9. The van der Waals surface area contributed by atoms with Crippen molar-refractivity contribution in [2.45, 2.75) is 128 Å². The summed E-state index contributed by atoms with van der Waals surface area (Å²) in [4.78, 5) is 15.1. The van der Waals surface area contributed by atoms with E-state index in [2.05, 4.69) is 10.1 Å². The maximum atomic E-state index is 13.0. The van der Waals surface area contributed by atoms with Crippen molar-refractivity contribution in [2.75, 3.05) is 14.1 Å². The SMILES string of the molecule is CC[C@H]1OC(=O)[C@H](C)[C@@H](O)C[C@@H](O[C@H]2C[C@@H](N(C)C)C[C@@H](C)O2)[C@H](O)C[C@@H](C)/C(=N\O)[C@H](C)[C@@H](O)[C@]1(C)O. The Hall–Kier alpha value is -1.34. The molecule has 11 heteroatoms. The van der Waals surface area contributed by atoms with Crippen LogP contribution in [0, 0.1) is 17.8 Å². The van der Waals surface area contributed by atoms with Crippen molar-refractivity contribution < 1.29 is 44.6 Å². The van der Waals surface area contributed by atoms with Crippen LogP contribution >= 0.6 is 0 Å². The van der Waals surface area contributed by atoms with E-state index in [9.17, 15) is 30.4 Å². The highest BCUT2D eigenvalue weighted by Crippen LogP contribution is 2.32. The van der Waals surface area contributed by atoms with Crippen LogP contribution in [0.25, 0.3) is 0 Å². The number of hydrogen-bond acceptors (Lipinski definition) is 11. The van der Waals surface area contributed by atoms with Crippen LogP contribution in [0.15, 0.2) is 5.16 Å². The molecule has 38 heavy (non-hydrogen) atoms. The van der Waals surface area contributed by atoms with Crippen molar-refractivity contribution >= 4 is 11.7 Å². The van der Waals surface area contributed by atoms with Gasteiger partial charge in [0.1, 0.15) is 11.7 Å². The molecule has 2 heterocycles. The first-order valence-electron chi connectivity index (χ1n) is 13.8. The minimum Gasteiger partial charge on any atom is -0.459 e. The Balaban J connectivity index is 2.40. The van der Waals surface area contributed by atoms with Crippen molar-refractivity contribution in [3.8, 4) is 0 Å².